The van der Waals surface area contributed by atoms with Gasteiger partial charge in [-0.25, -0.2) is 0 Å². The first-order valence-electron chi connectivity index (χ1n) is 8.68. The van der Waals surface area contributed by atoms with Gasteiger partial charge in [0.1, 0.15) is 6.04 Å². The number of nitrogens with one attached hydrogen (secondary N) is 2. The molecule has 1 atom stereocenters. The number of nitrogens with zero attached hydrogens (tertiary/aromatic N) is 1. The molecular formula is C20H23N3O4. The summed E-state index contributed by atoms with van der Waals surface area (Å²) in [5.41, 5.74) is 1.36. The number of nitro groups is 1. The van der Waals surface area contributed by atoms with Gasteiger partial charge in [0.25, 0.3) is 11.6 Å². The minimum atomic E-state index is -0.891. The lowest BCUT2D eigenvalue weighted by Crippen LogP contribution is -2.37. The molecule has 1 unspecified atom stereocenters. The molecule has 0 aromatic heterocycles. The summed E-state index contributed by atoms with van der Waals surface area (Å²) in [4.78, 5) is 35.6. The Labute approximate surface area is 157 Å². The van der Waals surface area contributed by atoms with E-state index in [0.717, 1.165) is 0 Å². The summed E-state index contributed by atoms with van der Waals surface area (Å²) in [6.45, 7) is 5.47. The molecule has 0 saturated carbocycles. The highest BCUT2D eigenvalue weighted by Gasteiger charge is 2.24. The first kappa shape index (κ1) is 20.1. The van der Waals surface area contributed by atoms with Gasteiger partial charge < -0.3 is 10.6 Å². The normalized spacial score (nSPS) is 11.7. The second kappa shape index (κ2) is 8.93. The number of hydrogen-bond acceptors (Lipinski definition) is 4. The molecule has 0 aliphatic carbocycles. The number of amides is 2. The molecule has 0 saturated heterocycles. The van der Waals surface area contributed by atoms with Gasteiger partial charge in [0.2, 0.25) is 5.91 Å². The first-order chi connectivity index (χ1) is 12.8. The van der Waals surface area contributed by atoms with Gasteiger partial charge in [-0.15, -0.1) is 0 Å². The first-order valence-corrected chi connectivity index (χ1v) is 8.68. The summed E-state index contributed by atoms with van der Waals surface area (Å²) in [6, 6.07) is 12.5. The van der Waals surface area contributed by atoms with Crippen molar-refractivity contribution in [3.05, 3.63) is 69.8 Å². The van der Waals surface area contributed by atoms with Crippen LogP contribution in [-0.2, 0) is 9.59 Å². The average molecular weight is 369 g/mol. The molecule has 2 rings (SSSR count). The number of anilines is 1. The highest BCUT2D eigenvalue weighted by Crippen LogP contribution is 2.23. The summed E-state index contributed by atoms with van der Waals surface area (Å²) in [6.07, 6.45) is 0.298. The fourth-order valence-corrected chi connectivity index (χ4v) is 2.63. The van der Waals surface area contributed by atoms with E-state index in [4.69, 9.17) is 0 Å². The lowest BCUT2D eigenvalue weighted by atomic mass is 10.0. The Balaban J connectivity index is 2.25. The average Bonchev–Trinajstić information content (AvgIpc) is 2.61. The third-order valence-electron chi connectivity index (χ3n) is 3.97. The van der Waals surface area contributed by atoms with Crippen LogP contribution in [0.5, 0.6) is 0 Å². The monoisotopic (exact) mass is 369 g/mol. The Morgan fingerprint density at radius 1 is 1.11 bits per heavy atom. The van der Waals surface area contributed by atoms with Crippen molar-refractivity contribution in [2.75, 3.05) is 5.32 Å². The number of carbonyl (C=O) groups excluding carboxylic acids is 2. The summed E-state index contributed by atoms with van der Waals surface area (Å²) in [5.74, 6) is -0.537. The van der Waals surface area contributed by atoms with E-state index in [1.165, 1.54) is 6.07 Å². The molecule has 2 aromatic rings. The number of benzene rings is 2. The predicted molar refractivity (Wildman–Crippen MR) is 103 cm³/mol. The van der Waals surface area contributed by atoms with Crippen molar-refractivity contribution in [1.82, 2.24) is 5.32 Å². The van der Waals surface area contributed by atoms with E-state index in [9.17, 15) is 19.7 Å². The van der Waals surface area contributed by atoms with Gasteiger partial charge in [-0.2, -0.15) is 0 Å². The Morgan fingerprint density at radius 2 is 1.78 bits per heavy atom. The Kier molecular flexibility index (Phi) is 6.65. The van der Waals surface area contributed by atoms with Crippen molar-refractivity contribution in [2.24, 2.45) is 5.92 Å². The molecule has 0 radical (unpaired) electrons. The molecule has 2 aromatic carbocycles. The van der Waals surface area contributed by atoms with E-state index in [0.29, 0.717) is 23.2 Å². The van der Waals surface area contributed by atoms with Crippen LogP contribution in [0.1, 0.15) is 37.4 Å². The fourth-order valence-electron chi connectivity index (χ4n) is 2.63. The molecule has 0 aliphatic rings. The zero-order valence-electron chi connectivity index (χ0n) is 15.6. The quantitative estimate of drug-likeness (QED) is 0.573. The van der Waals surface area contributed by atoms with Crippen molar-refractivity contribution in [3.8, 4) is 0 Å². The Morgan fingerprint density at radius 3 is 2.37 bits per heavy atom. The van der Waals surface area contributed by atoms with Crippen LogP contribution in [0.25, 0.3) is 0 Å². The van der Waals surface area contributed by atoms with Crippen LogP contribution < -0.4 is 10.6 Å². The van der Waals surface area contributed by atoms with Gasteiger partial charge in [0, 0.05) is 23.7 Å². The van der Waals surface area contributed by atoms with Crippen molar-refractivity contribution < 1.29 is 14.5 Å². The van der Waals surface area contributed by atoms with Crippen LogP contribution >= 0.6 is 0 Å². The maximum absolute atomic E-state index is 12.8. The summed E-state index contributed by atoms with van der Waals surface area (Å²) >= 11 is 0. The van der Waals surface area contributed by atoms with Crippen molar-refractivity contribution in [1.29, 1.82) is 0 Å². The van der Waals surface area contributed by atoms with Crippen molar-refractivity contribution in [2.45, 2.75) is 33.2 Å². The molecule has 2 amide bonds. The molecule has 0 aliphatic heterocycles. The maximum Gasteiger partial charge on any atom is 0.274 e. The number of carbonyl (C=O) groups is 2. The number of nitro benzene ring substituents is 1. The van der Waals surface area contributed by atoms with Gasteiger partial charge >= 0.3 is 0 Å². The van der Waals surface area contributed by atoms with Gasteiger partial charge in [-0.05, 0) is 24.5 Å². The van der Waals surface area contributed by atoms with E-state index in [2.05, 4.69) is 10.6 Å². The van der Waals surface area contributed by atoms with Crippen molar-refractivity contribution in [3.63, 3.8) is 0 Å². The summed E-state index contributed by atoms with van der Waals surface area (Å²) in [5, 5.41) is 16.5. The minimum absolute atomic E-state index is 0.0760. The van der Waals surface area contributed by atoms with Crippen LogP contribution in [0.3, 0.4) is 0 Å². The molecule has 0 heterocycles. The zero-order valence-corrected chi connectivity index (χ0v) is 15.6. The predicted octanol–water partition coefficient (Wildman–Crippen LogP) is 3.75. The fraction of sp³-hybridized carbons (Fsp3) is 0.300. The van der Waals surface area contributed by atoms with Crippen LogP contribution in [0.15, 0.2) is 48.5 Å². The molecular weight excluding hydrogens is 346 g/mol. The largest absolute Gasteiger partial charge is 0.341 e. The second-order valence-corrected chi connectivity index (χ2v) is 6.76. The number of rotatable bonds is 7. The third kappa shape index (κ3) is 5.64. The molecule has 7 nitrogen and oxygen atoms in total. The Hall–Kier alpha value is -3.22. The van der Waals surface area contributed by atoms with E-state index in [-0.39, 0.29) is 17.5 Å². The minimum Gasteiger partial charge on any atom is -0.341 e. The maximum atomic E-state index is 12.8. The lowest BCUT2D eigenvalue weighted by Gasteiger charge is -2.19. The van der Waals surface area contributed by atoms with E-state index in [1.807, 2.05) is 19.9 Å². The molecule has 27 heavy (non-hydrogen) atoms. The molecule has 0 fully saturated rings. The third-order valence-corrected chi connectivity index (χ3v) is 3.97. The van der Waals surface area contributed by atoms with Crippen LogP contribution in [0, 0.1) is 23.0 Å². The number of aryl methyl sites for hydroxylation is 1. The van der Waals surface area contributed by atoms with Gasteiger partial charge in [0.05, 0.1) is 4.92 Å². The standard InChI is InChI=1S/C20H23N3O4/c1-13(2)11-18(24)22-19(15-7-5-4-6-8-15)20(25)21-16-10-9-14(3)17(12-16)23(26)27/h4-10,12-13,19H,11H2,1-3H3,(H,21,25)(H,22,24). The molecule has 0 bridgehead atoms. The SMILES string of the molecule is Cc1ccc(NC(=O)C(NC(=O)CC(C)C)c2ccccc2)cc1[N+](=O)[O-]. The summed E-state index contributed by atoms with van der Waals surface area (Å²) < 4.78 is 0. The molecule has 0 spiro atoms. The smallest absolute Gasteiger partial charge is 0.274 e. The topological polar surface area (TPSA) is 101 Å². The van der Waals surface area contributed by atoms with E-state index < -0.39 is 16.9 Å². The zero-order chi connectivity index (χ0) is 20.0. The van der Waals surface area contributed by atoms with Crippen LogP contribution in [-0.4, -0.2) is 16.7 Å². The highest BCUT2D eigenvalue weighted by atomic mass is 16.6. The van der Waals surface area contributed by atoms with Crippen molar-refractivity contribution >= 4 is 23.2 Å². The molecule has 2 N–H and O–H groups in total. The second-order valence-electron chi connectivity index (χ2n) is 6.76. The van der Waals surface area contributed by atoms with Crippen LogP contribution in [0.2, 0.25) is 0 Å². The van der Waals surface area contributed by atoms with Gasteiger partial charge in [0.15, 0.2) is 0 Å². The number of hydrogen-bond donors (Lipinski definition) is 2. The molecule has 7 heteroatoms. The van der Waals surface area contributed by atoms with Gasteiger partial charge in [-0.1, -0.05) is 50.2 Å². The van der Waals surface area contributed by atoms with Gasteiger partial charge in [-0.3, -0.25) is 19.7 Å². The molecule has 142 valence electrons. The van der Waals surface area contributed by atoms with E-state index >= 15 is 0 Å². The lowest BCUT2D eigenvalue weighted by molar-refractivity contribution is -0.385. The summed E-state index contributed by atoms with van der Waals surface area (Å²) in [7, 11) is 0. The van der Waals surface area contributed by atoms with Crippen LogP contribution in [0.4, 0.5) is 11.4 Å². The van der Waals surface area contributed by atoms with E-state index in [1.54, 1.807) is 43.3 Å². The highest BCUT2D eigenvalue weighted by molar-refractivity contribution is 5.98. The Bertz CT molecular complexity index is 834.